The van der Waals surface area contributed by atoms with Gasteiger partial charge in [0.15, 0.2) is 5.96 Å². The van der Waals surface area contributed by atoms with E-state index in [1.54, 1.807) is 0 Å². The van der Waals surface area contributed by atoms with E-state index in [-0.39, 0.29) is 0 Å². The Kier molecular flexibility index (Phi) is 7.45. The molecule has 2 aromatic carbocycles. The Hall–Kier alpha value is -3.12. The van der Waals surface area contributed by atoms with Gasteiger partial charge in [0.1, 0.15) is 5.82 Å². The maximum absolute atomic E-state index is 4.77. The minimum Gasteiger partial charge on any atom is -0.363 e. The van der Waals surface area contributed by atoms with Gasteiger partial charge in [0, 0.05) is 58.2 Å². The first kappa shape index (κ1) is 23.1. The van der Waals surface area contributed by atoms with Crippen LogP contribution in [0.15, 0.2) is 65.7 Å². The fraction of sp³-hybridized carbons (Fsp3) is 0.407. The number of pyridine rings is 1. The van der Waals surface area contributed by atoms with E-state index in [1.807, 2.05) is 32.1 Å². The van der Waals surface area contributed by atoms with Crippen LogP contribution in [0.5, 0.6) is 0 Å². The lowest BCUT2D eigenvalue weighted by Crippen LogP contribution is -2.48. The average Bonchev–Trinajstić information content (AvgIpc) is 2.86. The summed E-state index contributed by atoms with van der Waals surface area (Å²) < 4.78 is 0. The second kappa shape index (κ2) is 10.7. The van der Waals surface area contributed by atoms with E-state index in [0.717, 1.165) is 43.2 Å². The van der Waals surface area contributed by atoms with Crippen molar-refractivity contribution in [3.05, 3.63) is 71.8 Å². The normalized spacial score (nSPS) is 16.5. The highest BCUT2D eigenvalue weighted by molar-refractivity contribution is 5.85. The second-order valence-electron chi connectivity index (χ2n) is 9.02. The van der Waals surface area contributed by atoms with Crippen LogP contribution in [-0.2, 0) is 6.54 Å². The predicted molar refractivity (Wildman–Crippen MR) is 139 cm³/mol. The fourth-order valence-electron chi connectivity index (χ4n) is 4.55. The van der Waals surface area contributed by atoms with E-state index >= 15 is 0 Å². The molecule has 33 heavy (non-hydrogen) atoms. The van der Waals surface area contributed by atoms with Crippen molar-refractivity contribution >= 4 is 22.7 Å². The van der Waals surface area contributed by atoms with Gasteiger partial charge in [0.05, 0.1) is 5.52 Å². The summed E-state index contributed by atoms with van der Waals surface area (Å²) in [6.45, 7) is 5.19. The summed E-state index contributed by atoms with van der Waals surface area (Å²) in [6, 6.07) is 22.2. The third-order valence-electron chi connectivity index (χ3n) is 6.62. The zero-order chi connectivity index (χ0) is 23.2. The van der Waals surface area contributed by atoms with Gasteiger partial charge in [-0.1, -0.05) is 48.5 Å². The Morgan fingerprint density at radius 2 is 1.79 bits per heavy atom. The molecule has 0 radical (unpaired) electrons. The highest BCUT2D eigenvalue weighted by Gasteiger charge is 2.24. The molecule has 2 N–H and O–H groups in total. The molecule has 6 nitrogen and oxygen atoms in total. The van der Waals surface area contributed by atoms with Crippen LogP contribution in [0.4, 0.5) is 5.82 Å². The summed E-state index contributed by atoms with van der Waals surface area (Å²) in [6.07, 6.45) is 2.22. The van der Waals surface area contributed by atoms with Crippen molar-refractivity contribution < 1.29 is 0 Å². The molecular formula is C27H36N6. The van der Waals surface area contributed by atoms with E-state index in [4.69, 9.17) is 4.98 Å². The number of guanidine groups is 1. The molecule has 6 heteroatoms. The van der Waals surface area contributed by atoms with Crippen molar-refractivity contribution in [1.82, 2.24) is 20.5 Å². The first-order chi connectivity index (χ1) is 16.0. The topological polar surface area (TPSA) is 55.8 Å². The van der Waals surface area contributed by atoms with Gasteiger partial charge in [-0.05, 0) is 43.0 Å². The summed E-state index contributed by atoms with van der Waals surface area (Å²) in [7, 11) is 5.90. The second-order valence-corrected chi connectivity index (χ2v) is 9.02. The van der Waals surface area contributed by atoms with Crippen LogP contribution in [0, 0.1) is 0 Å². The van der Waals surface area contributed by atoms with Crippen LogP contribution in [0.25, 0.3) is 10.9 Å². The highest BCUT2D eigenvalue weighted by atomic mass is 15.2. The number of aromatic nitrogens is 1. The Morgan fingerprint density at radius 1 is 1.09 bits per heavy atom. The lowest BCUT2D eigenvalue weighted by atomic mass is 10.0. The number of piperidine rings is 1. The third-order valence-corrected chi connectivity index (χ3v) is 6.62. The largest absolute Gasteiger partial charge is 0.363 e. The van der Waals surface area contributed by atoms with Crippen molar-refractivity contribution in [2.45, 2.75) is 38.4 Å². The Balaban J connectivity index is 1.35. The summed E-state index contributed by atoms with van der Waals surface area (Å²) in [5.74, 6) is 1.82. The number of hydrogen-bond acceptors (Lipinski definition) is 4. The molecule has 0 amide bonds. The minimum atomic E-state index is 0.432. The van der Waals surface area contributed by atoms with Crippen LogP contribution in [-0.4, -0.2) is 56.1 Å². The van der Waals surface area contributed by atoms with E-state index < -0.39 is 0 Å². The molecule has 4 rings (SSSR count). The van der Waals surface area contributed by atoms with Crippen LogP contribution in [0.3, 0.4) is 0 Å². The molecule has 0 bridgehead atoms. The number of nitrogens with one attached hydrogen (secondary N) is 2. The van der Waals surface area contributed by atoms with Crippen LogP contribution >= 0.6 is 0 Å². The molecule has 2 heterocycles. The smallest absolute Gasteiger partial charge is 0.191 e. The number of likely N-dealkylation sites (tertiary alicyclic amines) is 1. The average molecular weight is 445 g/mol. The SMILES string of the molecule is CN=C(NCc1cc(N(C)C)nc2ccccc12)NC1CCN(C(C)c2ccccc2)CC1. The van der Waals surface area contributed by atoms with Crippen molar-refractivity contribution in [1.29, 1.82) is 0 Å². The number of rotatable bonds is 6. The van der Waals surface area contributed by atoms with Gasteiger partial charge in [0.25, 0.3) is 0 Å². The van der Waals surface area contributed by atoms with E-state index in [0.29, 0.717) is 18.6 Å². The number of benzene rings is 2. The molecule has 1 atom stereocenters. The van der Waals surface area contributed by atoms with Gasteiger partial charge >= 0.3 is 0 Å². The van der Waals surface area contributed by atoms with Gasteiger partial charge in [-0.3, -0.25) is 9.89 Å². The molecule has 0 saturated carbocycles. The van der Waals surface area contributed by atoms with Crippen LogP contribution in [0.1, 0.15) is 36.9 Å². The number of anilines is 1. The van der Waals surface area contributed by atoms with Crippen molar-refractivity contribution in [3.8, 4) is 0 Å². The van der Waals surface area contributed by atoms with Crippen molar-refractivity contribution in [2.24, 2.45) is 4.99 Å². The summed E-state index contributed by atoms with van der Waals surface area (Å²) >= 11 is 0. The Bertz CT molecular complexity index is 1070. The molecule has 1 unspecified atom stereocenters. The minimum absolute atomic E-state index is 0.432. The molecule has 174 valence electrons. The zero-order valence-corrected chi connectivity index (χ0v) is 20.3. The van der Waals surface area contributed by atoms with E-state index in [9.17, 15) is 0 Å². The van der Waals surface area contributed by atoms with Gasteiger partial charge in [-0.15, -0.1) is 0 Å². The molecule has 0 aliphatic carbocycles. The summed E-state index contributed by atoms with van der Waals surface area (Å²) in [4.78, 5) is 13.9. The van der Waals surface area contributed by atoms with Crippen LogP contribution < -0.4 is 15.5 Å². The number of para-hydroxylation sites is 1. The van der Waals surface area contributed by atoms with Gasteiger partial charge in [0.2, 0.25) is 0 Å². The first-order valence-corrected chi connectivity index (χ1v) is 11.9. The van der Waals surface area contributed by atoms with E-state index in [1.165, 1.54) is 16.5 Å². The number of hydrogen-bond donors (Lipinski definition) is 2. The summed E-state index contributed by atoms with van der Waals surface area (Å²) in [5.41, 5.74) is 3.63. The Labute approximate surface area is 197 Å². The monoisotopic (exact) mass is 444 g/mol. The van der Waals surface area contributed by atoms with Crippen LogP contribution in [0.2, 0.25) is 0 Å². The molecule has 0 spiro atoms. The van der Waals surface area contributed by atoms with Crippen molar-refractivity contribution in [2.75, 3.05) is 39.1 Å². The maximum Gasteiger partial charge on any atom is 0.191 e. The Morgan fingerprint density at radius 3 is 2.48 bits per heavy atom. The third kappa shape index (κ3) is 5.63. The molecule has 1 saturated heterocycles. The zero-order valence-electron chi connectivity index (χ0n) is 20.3. The molecule has 1 aliphatic heterocycles. The maximum atomic E-state index is 4.77. The predicted octanol–water partition coefficient (Wildman–Crippen LogP) is 4.19. The molecule has 1 aromatic heterocycles. The van der Waals surface area contributed by atoms with E-state index in [2.05, 4.69) is 82.0 Å². The quantitative estimate of drug-likeness (QED) is 0.441. The molecule has 1 fully saturated rings. The van der Waals surface area contributed by atoms with Gasteiger partial charge in [-0.25, -0.2) is 4.98 Å². The lowest BCUT2D eigenvalue weighted by molar-refractivity contribution is 0.158. The molecule has 3 aromatic rings. The standard InChI is InChI=1S/C27H36N6/c1-20(21-10-6-5-7-11-21)33-16-14-23(15-17-33)30-27(28-2)29-19-22-18-26(32(3)4)31-25-13-9-8-12-24(22)25/h5-13,18,20,23H,14-17,19H2,1-4H3,(H2,28,29,30). The molecular weight excluding hydrogens is 408 g/mol. The van der Waals surface area contributed by atoms with Gasteiger partial charge in [-0.2, -0.15) is 0 Å². The first-order valence-electron chi connectivity index (χ1n) is 11.9. The lowest BCUT2D eigenvalue weighted by Gasteiger charge is -2.37. The number of nitrogens with zero attached hydrogens (tertiary/aromatic N) is 4. The highest BCUT2D eigenvalue weighted by Crippen LogP contribution is 2.24. The number of aliphatic imine (C=N–C) groups is 1. The molecule has 1 aliphatic rings. The van der Waals surface area contributed by atoms with Crippen molar-refractivity contribution in [3.63, 3.8) is 0 Å². The summed E-state index contributed by atoms with van der Waals surface area (Å²) in [5, 5.41) is 8.35. The van der Waals surface area contributed by atoms with Gasteiger partial charge < -0.3 is 15.5 Å². The number of fused-ring (bicyclic) bond motifs is 1. The fourth-order valence-corrected chi connectivity index (χ4v) is 4.55.